The van der Waals surface area contributed by atoms with Gasteiger partial charge < -0.3 is 9.64 Å². The van der Waals surface area contributed by atoms with E-state index < -0.39 is 27.3 Å². The predicted molar refractivity (Wildman–Crippen MR) is 155 cm³/mol. The number of nitriles is 1. The van der Waals surface area contributed by atoms with Crippen LogP contribution in [0.25, 0.3) is 5.82 Å². The van der Waals surface area contributed by atoms with Crippen LogP contribution in [0, 0.1) is 29.6 Å². The number of aryl methyl sites for hydroxylation is 1. The number of carbonyl (C=O) groups is 1. The number of nitrogens with one attached hydrogen (secondary N) is 1. The van der Waals surface area contributed by atoms with Gasteiger partial charge in [-0.05, 0) is 81.8 Å². The molecule has 228 valence electrons. The number of anilines is 1. The van der Waals surface area contributed by atoms with Gasteiger partial charge in [0.25, 0.3) is 21.9 Å². The number of sulfonamides is 1. The van der Waals surface area contributed by atoms with Crippen molar-refractivity contribution >= 4 is 21.7 Å². The van der Waals surface area contributed by atoms with Crippen molar-refractivity contribution in [3.05, 3.63) is 59.3 Å². The van der Waals surface area contributed by atoms with E-state index in [4.69, 9.17) is 15.0 Å². The number of carbonyl (C=O) groups excluding carboxylic acids is 1. The summed E-state index contributed by atoms with van der Waals surface area (Å²) in [6.07, 6.45) is 3.18. The van der Waals surface area contributed by atoms with Gasteiger partial charge in [-0.3, -0.25) is 4.79 Å². The van der Waals surface area contributed by atoms with Crippen molar-refractivity contribution in [3.8, 4) is 17.8 Å². The Bertz CT molecular complexity index is 1720. The molecule has 43 heavy (non-hydrogen) atoms. The Morgan fingerprint density at radius 1 is 1.23 bits per heavy atom. The lowest BCUT2D eigenvalue weighted by Crippen LogP contribution is -2.41. The van der Waals surface area contributed by atoms with Gasteiger partial charge in [-0.25, -0.2) is 31.6 Å². The van der Waals surface area contributed by atoms with Crippen molar-refractivity contribution in [1.82, 2.24) is 19.5 Å². The average Bonchev–Trinajstić information content (AvgIpc) is 3.49. The highest BCUT2D eigenvalue weighted by atomic mass is 32.2. The van der Waals surface area contributed by atoms with Crippen LogP contribution >= 0.6 is 0 Å². The summed E-state index contributed by atoms with van der Waals surface area (Å²) in [6, 6.07) is 10.7. The normalized spacial score (nSPS) is 19.1. The SMILES string of the molecule is Cc1cc(C#N)ccc1S(=O)(=O)NC(=O)c1ccc(-n2ccc(OCC3(C(C)(F)F)CC3)n2)nc1N1C[C@@H](C)CC1(C)C. The summed E-state index contributed by atoms with van der Waals surface area (Å²) in [4.78, 5) is 20.2. The maximum Gasteiger partial charge on any atom is 0.268 e. The Labute approximate surface area is 249 Å². The van der Waals surface area contributed by atoms with E-state index in [1.54, 1.807) is 19.2 Å². The molecule has 1 aromatic carbocycles. The van der Waals surface area contributed by atoms with Gasteiger partial charge in [-0.2, -0.15) is 5.26 Å². The molecular weight excluding hydrogens is 578 g/mol. The fourth-order valence-corrected chi connectivity index (χ4v) is 6.94. The third-order valence-electron chi connectivity index (χ3n) is 8.33. The summed E-state index contributed by atoms with van der Waals surface area (Å²) in [7, 11) is -4.27. The smallest absolute Gasteiger partial charge is 0.268 e. The number of alkyl halides is 2. The molecule has 2 aliphatic rings. The molecule has 3 aromatic rings. The number of nitrogens with zero attached hydrogens (tertiary/aromatic N) is 5. The van der Waals surface area contributed by atoms with Crippen LogP contribution in [-0.4, -0.2) is 53.7 Å². The maximum atomic E-state index is 14.0. The van der Waals surface area contributed by atoms with Crippen LogP contribution in [0.15, 0.2) is 47.5 Å². The number of pyridine rings is 1. The zero-order chi connectivity index (χ0) is 31.4. The molecule has 0 bridgehead atoms. The molecule has 13 heteroatoms. The lowest BCUT2D eigenvalue weighted by Gasteiger charge is -2.34. The van der Waals surface area contributed by atoms with Gasteiger partial charge in [-0.1, -0.05) is 6.92 Å². The largest absolute Gasteiger partial charge is 0.476 e. The summed E-state index contributed by atoms with van der Waals surface area (Å²) < 4.78 is 63.6. The molecule has 1 aliphatic carbocycles. The van der Waals surface area contributed by atoms with Crippen LogP contribution in [-0.2, 0) is 10.0 Å². The first-order valence-electron chi connectivity index (χ1n) is 14.0. The first-order valence-corrected chi connectivity index (χ1v) is 15.5. The van der Waals surface area contributed by atoms with E-state index in [0.29, 0.717) is 36.3 Å². The summed E-state index contributed by atoms with van der Waals surface area (Å²) in [5.41, 5.74) is -0.866. The molecule has 5 rings (SSSR count). The van der Waals surface area contributed by atoms with Crippen LogP contribution in [0.1, 0.15) is 68.4 Å². The molecule has 2 fully saturated rings. The number of ether oxygens (including phenoxy) is 1. The van der Waals surface area contributed by atoms with Crippen LogP contribution in [0.5, 0.6) is 5.88 Å². The second-order valence-corrected chi connectivity index (χ2v) is 14.0. The van der Waals surface area contributed by atoms with E-state index in [9.17, 15) is 22.0 Å². The van der Waals surface area contributed by atoms with Crippen molar-refractivity contribution in [2.24, 2.45) is 11.3 Å². The highest BCUT2D eigenvalue weighted by Gasteiger charge is 2.59. The van der Waals surface area contributed by atoms with Crippen LogP contribution in [0.3, 0.4) is 0 Å². The molecule has 1 aliphatic heterocycles. The number of hydrogen-bond acceptors (Lipinski definition) is 8. The Hall–Kier alpha value is -4.05. The molecule has 1 amide bonds. The van der Waals surface area contributed by atoms with Crippen LogP contribution < -0.4 is 14.4 Å². The summed E-state index contributed by atoms with van der Waals surface area (Å²) in [5, 5.41) is 13.5. The van der Waals surface area contributed by atoms with E-state index in [1.807, 2.05) is 24.8 Å². The number of aromatic nitrogens is 3. The third kappa shape index (κ3) is 5.93. The zero-order valence-corrected chi connectivity index (χ0v) is 25.5. The summed E-state index contributed by atoms with van der Waals surface area (Å²) in [5.74, 6) is -2.62. The average molecular weight is 613 g/mol. The standard InChI is InChI=1S/C30H34F2N6O4S/c1-19-15-28(3,4)37(17-19)26-22(27(39)36-43(40,41)23-8-6-21(16-33)14-20(23)2)7-9-24(34-26)38-13-10-25(35-38)42-18-30(11-12-30)29(5,31)32/h6-10,13-14,19H,11-12,15,17-18H2,1-5H3,(H,36,39)/t19-/m0/s1. The Morgan fingerprint density at radius 2 is 1.95 bits per heavy atom. The maximum absolute atomic E-state index is 14.0. The highest BCUT2D eigenvalue weighted by molar-refractivity contribution is 7.90. The summed E-state index contributed by atoms with van der Waals surface area (Å²) >= 11 is 0. The van der Waals surface area contributed by atoms with Crippen molar-refractivity contribution in [2.45, 2.75) is 70.2 Å². The minimum atomic E-state index is -4.27. The van der Waals surface area contributed by atoms with E-state index in [0.717, 1.165) is 13.3 Å². The highest BCUT2D eigenvalue weighted by Crippen LogP contribution is 2.56. The molecule has 3 heterocycles. The predicted octanol–water partition coefficient (Wildman–Crippen LogP) is 5.01. The van der Waals surface area contributed by atoms with Crippen LogP contribution in [0.4, 0.5) is 14.6 Å². The molecule has 0 unspecified atom stereocenters. The molecule has 0 radical (unpaired) electrons. The number of halogens is 2. The molecular formula is C30H34F2N6O4S. The lowest BCUT2D eigenvalue weighted by atomic mass is 9.97. The van der Waals surface area contributed by atoms with Gasteiger partial charge in [0.05, 0.1) is 27.5 Å². The fraction of sp³-hybridized carbons (Fsp3) is 0.467. The minimum Gasteiger partial charge on any atom is -0.476 e. The molecule has 1 N–H and O–H groups in total. The number of rotatable bonds is 9. The molecule has 1 atom stereocenters. The second kappa shape index (κ2) is 10.6. The molecule has 1 saturated carbocycles. The summed E-state index contributed by atoms with van der Waals surface area (Å²) in [6.45, 7) is 9.04. The van der Waals surface area contributed by atoms with Crippen molar-refractivity contribution in [2.75, 3.05) is 18.1 Å². The molecule has 0 spiro atoms. The quantitative estimate of drug-likeness (QED) is 0.357. The first-order chi connectivity index (χ1) is 20.0. The van der Waals surface area contributed by atoms with Crippen molar-refractivity contribution in [1.29, 1.82) is 5.26 Å². The van der Waals surface area contributed by atoms with E-state index in [-0.39, 0.29) is 40.2 Å². The Kier molecular flexibility index (Phi) is 7.49. The van der Waals surface area contributed by atoms with Gasteiger partial charge >= 0.3 is 0 Å². The molecule has 10 nitrogen and oxygen atoms in total. The second-order valence-electron chi connectivity index (χ2n) is 12.4. The molecule has 1 saturated heterocycles. The number of amides is 1. The van der Waals surface area contributed by atoms with E-state index >= 15 is 0 Å². The Balaban J connectivity index is 1.45. The number of benzene rings is 1. The van der Waals surface area contributed by atoms with Gasteiger partial charge in [0.15, 0.2) is 5.82 Å². The minimum absolute atomic E-state index is 0.0604. The van der Waals surface area contributed by atoms with E-state index in [2.05, 4.69) is 16.7 Å². The zero-order valence-electron chi connectivity index (χ0n) is 24.7. The molecule has 2 aromatic heterocycles. The monoisotopic (exact) mass is 612 g/mol. The fourth-order valence-electron chi connectivity index (χ4n) is 5.75. The van der Waals surface area contributed by atoms with Gasteiger partial charge in [0.2, 0.25) is 5.88 Å². The third-order valence-corrected chi connectivity index (χ3v) is 9.83. The van der Waals surface area contributed by atoms with Crippen molar-refractivity contribution < 1.29 is 26.7 Å². The number of hydrogen-bond donors (Lipinski definition) is 1. The van der Waals surface area contributed by atoms with Gasteiger partial charge in [0.1, 0.15) is 12.4 Å². The first kappa shape index (κ1) is 30.4. The topological polar surface area (TPSA) is 130 Å². The van der Waals surface area contributed by atoms with Crippen LogP contribution in [0.2, 0.25) is 0 Å². The van der Waals surface area contributed by atoms with Gasteiger partial charge in [0, 0.05) is 31.3 Å². The van der Waals surface area contributed by atoms with Gasteiger partial charge in [-0.15, -0.1) is 5.10 Å². The van der Waals surface area contributed by atoms with E-state index in [1.165, 1.54) is 35.0 Å². The Morgan fingerprint density at radius 3 is 2.53 bits per heavy atom. The lowest BCUT2D eigenvalue weighted by molar-refractivity contribution is -0.0712. The van der Waals surface area contributed by atoms with Crippen molar-refractivity contribution in [3.63, 3.8) is 0 Å².